The molecule has 7 heteroatoms. The molecule has 0 aliphatic carbocycles. The van der Waals surface area contributed by atoms with Gasteiger partial charge in [-0.1, -0.05) is 6.92 Å². The maximum absolute atomic E-state index is 10.6. The van der Waals surface area contributed by atoms with Crippen molar-refractivity contribution in [3.63, 3.8) is 0 Å². The van der Waals surface area contributed by atoms with Gasteiger partial charge in [-0.05, 0) is 12.1 Å². The molecule has 0 saturated carbocycles. The molecule has 1 atom stereocenters. The van der Waals surface area contributed by atoms with Gasteiger partial charge < -0.3 is 5.11 Å². The molecule has 0 amide bonds. The van der Waals surface area contributed by atoms with Gasteiger partial charge in [0.25, 0.3) is 5.69 Å². The number of carboxylic acids is 1. The predicted molar refractivity (Wildman–Crippen MR) is 65.4 cm³/mol. The lowest BCUT2D eigenvalue weighted by Gasteiger charge is -2.08. The van der Waals surface area contributed by atoms with Crippen molar-refractivity contribution >= 4 is 23.4 Å². The van der Waals surface area contributed by atoms with E-state index >= 15 is 0 Å². The molecule has 0 bridgehead atoms. The fraction of sp³-hybridized carbons (Fsp3) is 0.273. The first kappa shape index (κ1) is 14.0. The van der Waals surface area contributed by atoms with Crippen LogP contribution in [0.3, 0.4) is 0 Å². The Morgan fingerprint density at radius 2 is 2.33 bits per heavy atom. The van der Waals surface area contributed by atoms with Crippen LogP contribution in [0.4, 0.5) is 5.69 Å². The van der Waals surface area contributed by atoms with Crippen LogP contribution >= 0.6 is 11.8 Å². The van der Waals surface area contributed by atoms with E-state index in [0.29, 0.717) is 4.90 Å². The van der Waals surface area contributed by atoms with E-state index in [-0.39, 0.29) is 22.9 Å². The molecular formula is C11H10N2O4S. The second-order valence-electron chi connectivity index (χ2n) is 3.57. The molecule has 6 nitrogen and oxygen atoms in total. The number of nitro benzene ring substituents is 1. The number of nitro groups is 1. The van der Waals surface area contributed by atoms with Gasteiger partial charge >= 0.3 is 5.97 Å². The highest BCUT2D eigenvalue weighted by Gasteiger charge is 2.15. The van der Waals surface area contributed by atoms with Gasteiger partial charge in [-0.3, -0.25) is 14.9 Å². The highest BCUT2D eigenvalue weighted by molar-refractivity contribution is 8.00. The first-order valence-corrected chi connectivity index (χ1v) is 5.89. The quantitative estimate of drug-likeness (QED) is 0.498. The molecule has 0 aliphatic rings. The van der Waals surface area contributed by atoms with Gasteiger partial charge in [-0.2, -0.15) is 5.26 Å². The molecule has 1 N–H and O–H groups in total. The zero-order valence-electron chi connectivity index (χ0n) is 9.49. The fourth-order valence-electron chi connectivity index (χ4n) is 1.36. The third-order valence-electron chi connectivity index (χ3n) is 2.08. The average Bonchev–Trinajstić information content (AvgIpc) is 2.27. The summed E-state index contributed by atoms with van der Waals surface area (Å²) in [5.74, 6) is -0.905. The number of carbonyl (C=O) groups is 1. The topological polar surface area (TPSA) is 104 Å². The van der Waals surface area contributed by atoms with Crippen LogP contribution < -0.4 is 0 Å². The molecule has 1 unspecified atom stereocenters. The smallest absolute Gasteiger partial charge is 0.304 e. The molecule has 0 saturated heterocycles. The van der Waals surface area contributed by atoms with Crippen LogP contribution in [0, 0.1) is 21.4 Å². The van der Waals surface area contributed by atoms with Crippen LogP contribution in [0.2, 0.25) is 0 Å². The SMILES string of the molecule is CC(CC(=O)O)Sc1ccc([N+](=O)[O-])c(C#N)c1. The van der Waals surface area contributed by atoms with Gasteiger partial charge in [0.2, 0.25) is 0 Å². The number of carboxylic acid groups (broad SMARTS) is 1. The van der Waals surface area contributed by atoms with Gasteiger partial charge in [0.15, 0.2) is 0 Å². The number of rotatable bonds is 5. The lowest BCUT2D eigenvalue weighted by atomic mass is 10.2. The van der Waals surface area contributed by atoms with Crippen molar-refractivity contribution in [1.82, 2.24) is 0 Å². The Labute approximate surface area is 107 Å². The standard InChI is InChI=1S/C11H10N2O4S/c1-7(4-11(14)15)18-9-2-3-10(13(16)17)8(5-9)6-12/h2-3,5,7H,4H2,1H3,(H,14,15). The minimum Gasteiger partial charge on any atom is -0.481 e. The van der Waals surface area contributed by atoms with Crippen molar-refractivity contribution in [2.45, 2.75) is 23.5 Å². The summed E-state index contributed by atoms with van der Waals surface area (Å²) in [6.45, 7) is 1.74. The number of hydrogen-bond donors (Lipinski definition) is 1. The minimum absolute atomic E-state index is 0.0104. The van der Waals surface area contributed by atoms with Gasteiger partial charge in [-0.25, -0.2) is 0 Å². The molecule has 0 radical (unpaired) electrons. The van der Waals surface area contributed by atoms with Gasteiger partial charge in [0, 0.05) is 16.2 Å². The summed E-state index contributed by atoms with van der Waals surface area (Å²) in [7, 11) is 0. The lowest BCUT2D eigenvalue weighted by Crippen LogP contribution is -2.05. The maximum Gasteiger partial charge on any atom is 0.304 e. The Morgan fingerprint density at radius 3 is 2.83 bits per heavy atom. The summed E-state index contributed by atoms with van der Waals surface area (Å²) in [6, 6.07) is 5.94. The fourth-order valence-corrected chi connectivity index (χ4v) is 2.38. The van der Waals surface area contributed by atoms with E-state index in [1.807, 2.05) is 0 Å². The number of aliphatic carboxylic acids is 1. The zero-order chi connectivity index (χ0) is 13.7. The molecule has 0 aromatic heterocycles. The van der Waals surface area contributed by atoms with E-state index in [2.05, 4.69) is 0 Å². The third kappa shape index (κ3) is 3.75. The lowest BCUT2D eigenvalue weighted by molar-refractivity contribution is -0.385. The molecule has 1 rings (SSSR count). The van der Waals surface area contributed by atoms with Gasteiger partial charge in [0.1, 0.15) is 11.6 Å². The number of nitrogens with zero attached hydrogens (tertiary/aromatic N) is 2. The van der Waals surface area contributed by atoms with Crippen LogP contribution in [0.25, 0.3) is 0 Å². The Hall–Kier alpha value is -2.07. The van der Waals surface area contributed by atoms with Crippen LogP contribution in [0.1, 0.15) is 18.9 Å². The molecule has 18 heavy (non-hydrogen) atoms. The average molecular weight is 266 g/mol. The second-order valence-corrected chi connectivity index (χ2v) is 5.09. The van der Waals surface area contributed by atoms with E-state index in [9.17, 15) is 14.9 Å². The van der Waals surface area contributed by atoms with Gasteiger partial charge in [-0.15, -0.1) is 11.8 Å². The first-order chi connectivity index (χ1) is 8.43. The van der Waals surface area contributed by atoms with Crippen molar-refractivity contribution < 1.29 is 14.8 Å². The summed E-state index contributed by atoms with van der Waals surface area (Å²) in [5, 5.41) is 27.9. The van der Waals surface area contributed by atoms with E-state index in [1.54, 1.807) is 13.0 Å². The highest BCUT2D eigenvalue weighted by atomic mass is 32.2. The largest absolute Gasteiger partial charge is 0.481 e. The molecule has 0 heterocycles. The van der Waals surface area contributed by atoms with E-state index in [0.717, 1.165) is 0 Å². The van der Waals surface area contributed by atoms with Crippen molar-refractivity contribution in [3.05, 3.63) is 33.9 Å². The Morgan fingerprint density at radius 1 is 1.67 bits per heavy atom. The van der Waals surface area contributed by atoms with E-state index < -0.39 is 10.9 Å². The summed E-state index contributed by atoms with van der Waals surface area (Å²) < 4.78 is 0. The molecule has 1 aromatic rings. The zero-order valence-corrected chi connectivity index (χ0v) is 10.3. The summed E-state index contributed by atoms with van der Waals surface area (Å²) >= 11 is 1.27. The Bertz CT molecular complexity index is 524. The Balaban J connectivity index is 2.90. The number of benzene rings is 1. The second kappa shape index (κ2) is 6.02. The maximum atomic E-state index is 10.6. The van der Waals surface area contributed by atoms with Crippen LogP contribution in [0.15, 0.2) is 23.1 Å². The summed E-state index contributed by atoms with van der Waals surface area (Å²) in [6.07, 6.45) is -0.0104. The van der Waals surface area contributed by atoms with E-state index in [1.165, 1.54) is 30.0 Å². The number of nitriles is 1. The number of hydrogen-bond acceptors (Lipinski definition) is 5. The highest BCUT2D eigenvalue weighted by Crippen LogP contribution is 2.29. The monoisotopic (exact) mass is 266 g/mol. The molecule has 0 aliphatic heterocycles. The Kier molecular flexibility index (Phi) is 4.68. The van der Waals surface area contributed by atoms with Crippen molar-refractivity contribution in [3.8, 4) is 6.07 Å². The van der Waals surface area contributed by atoms with Crippen LogP contribution in [-0.4, -0.2) is 21.2 Å². The van der Waals surface area contributed by atoms with Gasteiger partial charge in [0.05, 0.1) is 11.3 Å². The molecule has 1 aromatic carbocycles. The summed E-state index contributed by atoms with van der Waals surface area (Å²) in [4.78, 5) is 21.2. The predicted octanol–water partition coefficient (Wildman–Crippen LogP) is 2.42. The number of thioether (sulfide) groups is 1. The first-order valence-electron chi connectivity index (χ1n) is 5.01. The van der Waals surface area contributed by atoms with Crippen LogP contribution in [0.5, 0.6) is 0 Å². The minimum atomic E-state index is -0.905. The third-order valence-corrected chi connectivity index (χ3v) is 3.18. The molecule has 0 fully saturated rings. The molecule has 94 valence electrons. The van der Waals surface area contributed by atoms with Crippen molar-refractivity contribution in [2.75, 3.05) is 0 Å². The van der Waals surface area contributed by atoms with Crippen molar-refractivity contribution in [2.24, 2.45) is 0 Å². The van der Waals surface area contributed by atoms with Crippen molar-refractivity contribution in [1.29, 1.82) is 5.26 Å². The molecular weight excluding hydrogens is 256 g/mol. The summed E-state index contributed by atoms with van der Waals surface area (Å²) in [5.41, 5.74) is -0.264. The van der Waals surface area contributed by atoms with E-state index in [4.69, 9.17) is 10.4 Å². The molecule has 0 spiro atoms. The normalized spacial score (nSPS) is 11.6. The van der Waals surface area contributed by atoms with Crippen LogP contribution in [-0.2, 0) is 4.79 Å².